The van der Waals surface area contributed by atoms with Crippen molar-refractivity contribution < 1.29 is 9.90 Å². The molecular formula is C15H22ClNO2. The van der Waals surface area contributed by atoms with E-state index in [-0.39, 0.29) is 18.4 Å². The summed E-state index contributed by atoms with van der Waals surface area (Å²) in [6, 6.07) is 9.19. The summed E-state index contributed by atoms with van der Waals surface area (Å²) in [4.78, 5) is 11.9. The largest absolute Gasteiger partial charge is 0.391 e. The maximum absolute atomic E-state index is 11.9. The fraction of sp³-hybridized carbons (Fsp3) is 0.533. The molecule has 4 heteroatoms. The number of hydrogen-bond acceptors (Lipinski definition) is 2. The summed E-state index contributed by atoms with van der Waals surface area (Å²) < 4.78 is 0. The molecule has 1 amide bonds. The Labute approximate surface area is 120 Å². The highest BCUT2D eigenvalue weighted by atomic mass is 35.5. The zero-order valence-corrected chi connectivity index (χ0v) is 12.2. The van der Waals surface area contributed by atoms with Crippen LogP contribution in [-0.4, -0.2) is 23.7 Å². The Morgan fingerprint density at radius 3 is 2.37 bits per heavy atom. The van der Waals surface area contributed by atoms with Gasteiger partial charge in [0, 0.05) is 6.54 Å². The van der Waals surface area contributed by atoms with Crippen molar-refractivity contribution in [3.8, 4) is 0 Å². The van der Waals surface area contributed by atoms with Crippen LogP contribution in [0.5, 0.6) is 0 Å². The molecule has 0 heterocycles. The lowest BCUT2D eigenvalue weighted by Gasteiger charge is -2.21. The van der Waals surface area contributed by atoms with Gasteiger partial charge in [0.1, 0.15) is 5.38 Å². The average Bonchev–Trinajstić information content (AvgIpc) is 2.46. The molecule has 0 saturated heterocycles. The van der Waals surface area contributed by atoms with Crippen molar-refractivity contribution in [3.63, 3.8) is 0 Å². The number of amides is 1. The number of aliphatic hydroxyl groups excluding tert-OH is 1. The summed E-state index contributed by atoms with van der Waals surface area (Å²) in [5.74, 6) is -0.0522. The van der Waals surface area contributed by atoms with Gasteiger partial charge >= 0.3 is 0 Å². The van der Waals surface area contributed by atoms with Crippen LogP contribution < -0.4 is 5.32 Å². The molecule has 0 bridgehead atoms. The second-order valence-electron chi connectivity index (χ2n) is 4.66. The lowest BCUT2D eigenvalue weighted by molar-refractivity contribution is -0.121. The van der Waals surface area contributed by atoms with Gasteiger partial charge in [-0.15, -0.1) is 11.6 Å². The average molecular weight is 284 g/mol. The third-order valence-electron chi connectivity index (χ3n) is 3.40. The number of rotatable bonds is 7. The molecule has 3 nitrogen and oxygen atoms in total. The third-order valence-corrected chi connectivity index (χ3v) is 3.85. The van der Waals surface area contributed by atoms with E-state index in [0.717, 1.165) is 18.4 Å². The number of nitrogens with one attached hydrogen (secondary N) is 1. The number of halogens is 1. The first-order chi connectivity index (χ1) is 9.10. The van der Waals surface area contributed by atoms with E-state index in [1.54, 1.807) is 0 Å². The van der Waals surface area contributed by atoms with Gasteiger partial charge < -0.3 is 10.4 Å². The molecule has 0 aromatic heterocycles. The summed E-state index contributed by atoms with van der Waals surface area (Å²) in [5, 5.41) is 11.9. The summed E-state index contributed by atoms with van der Waals surface area (Å²) in [6.45, 7) is 4.32. The number of benzene rings is 1. The van der Waals surface area contributed by atoms with Crippen LogP contribution in [0.1, 0.15) is 37.6 Å². The second kappa shape index (κ2) is 8.18. The molecule has 0 aliphatic heterocycles. The van der Waals surface area contributed by atoms with Crippen LogP contribution in [0.15, 0.2) is 30.3 Å². The van der Waals surface area contributed by atoms with Crippen molar-refractivity contribution in [2.75, 3.05) is 6.54 Å². The van der Waals surface area contributed by atoms with Crippen molar-refractivity contribution in [3.05, 3.63) is 35.9 Å². The minimum absolute atomic E-state index is 0.214. The number of hydrogen-bond donors (Lipinski definition) is 2. The van der Waals surface area contributed by atoms with Crippen LogP contribution in [0.2, 0.25) is 0 Å². The van der Waals surface area contributed by atoms with Gasteiger partial charge in [0.25, 0.3) is 0 Å². The Bertz CT molecular complexity index is 379. The minimum atomic E-state index is -0.713. The molecule has 0 aliphatic rings. The third kappa shape index (κ3) is 4.84. The lowest BCUT2D eigenvalue weighted by atomic mass is 9.96. The summed E-state index contributed by atoms with van der Waals surface area (Å²) >= 11 is 6.09. The molecule has 0 aliphatic carbocycles. The number of carbonyl (C=O) groups is 1. The summed E-state index contributed by atoms with van der Waals surface area (Å²) in [5.41, 5.74) is 0.763. The molecule has 1 aromatic carbocycles. The molecule has 0 fully saturated rings. The Morgan fingerprint density at radius 2 is 1.84 bits per heavy atom. The molecule has 0 spiro atoms. The first kappa shape index (κ1) is 16.0. The zero-order valence-electron chi connectivity index (χ0n) is 11.5. The van der Waals surface area contributed by atoms with E-state index in [2.05, 4.69) is 5.32 Å². The predicted octanol–water partition coefficient (Wildman–Crippen LogP) is 2.88. The fourth-order valence-electron chi connectivity index (χ4n) is 2.07. The van der Waals surface area contributed by atoms with Crippen molar-refractivity contribution >= 4 is 17.5 Å². The maximum atomic E-state index is 11.9. The van der Waals surface area contributed by atoms with Crippen molar-refractivity contribution in [1.29, 1.82) is 0 Å². The zero-order chi connectivity index (χ0) is 14.3. The molecule has 2 atom stereocenters. The Balaban J connectivity index is 2.47. The van der Waals surface area contributed by atoms with E-state index in [1.807, 2.05) is 44.2 Å². The second-order valence-corrected chi connectivity index (χ2v) is 5.10. The van der Waals surface area contributed by atoms with Gasteiger partial charge in [0.2, 0.25) is 5.91 Å². The van der Waals surface area contributed by atoms with E-state index in [4.69, 9.17) is 11.6 Å². The van der Waals surface area contributed by atoms with Crippen LogP contribution in [-0.2, 0) is 4.79 Å². The maximum Gasteiger partial charge on any atom is 0.242 e. The van der Waals surface area contributed by atoms with Gasteiger partial charge in [-0.05, 0) is 11.5 Å². The van der Waals surface area contributed by atoms with E-state index >= 15 is 0 Å². The topological polar surface area (TPSA) is 49.3 Å². The number of alkyl halides is 1. The quantitative estimate of drug-likeness (QED) is 0.756. The van der Waals surface area contributed by atoms with Gasteiger partial charge in [-0.2, -0.15) is 0 Å². The molecular weight excluding hydrogens is 262 g/mol. The molecule has 0 saturated carbocycles. The fourth-order valence-corrected chi connectivity index (χ4v) is 2.29. The highest BCUT2D eigenvalue weighted by molar-refractivity contribution is 6.30. The number of aliphatic hydroxyl groups is 1. The van der Waals surface area contributed by atoms with Crippen LogP contribution in [0, 0.1) is 5.92 Å². The van der Waals surface area contributed by atoms with E-state index < -0.39 is 11.5 Å². The molecule has 0 radical (unpaired) electrons. The van der Waals surface area contributed by atoms with Gasteiger partial charge in [0.15, 0.2) is 0 Å². The van der Waals surface area contributed by atoms with Crippen molar-refractivity contribution in [2.24, 2.45) is 5.92 Å². The molecule has 19 heavy (non-hydrogen) atoms. The molecule has 2 N–H and O–H groups in total. The van der Waals surface area contributed by atoms with Crippen LogP contribution in [0.4, 0.5) is 0 Å². The number of carbonyl (C=O) groups excluding carboxylic acids is 1. The molecule has 2 unspecified atom stereocenters. The van der Waals surface area contributed by atoms with Crippen molar-refractivity contribution in [2.45, 2.75) is 38.2 Å². The lowest BCUT2D eigenvalue weighted by Crippen LogP contribution is -2.37. The van der Waals surface area contributed by atoms with Crippen LogP contribution >= 0.6 is 11.6 Å². The standard InChI is InChI=1S/C15H22ClNO2/c1-3-11(4-2)13(18)10-17-15(19)14(16)12-8-6-5-7-9-12/h5-9,11,13-14,18H,3-4,10H2,1-2H3,(H,17,19). The van der Waals surface area contributed by atoms with Crippen LogP contribution in [0.25, 0.3) is 0 Å². The SMILES string of the molecule is CCC(CC)C(O)CNC(=O)C(Cl)c1ccccc1. The van der Waals surface area contributed by atoms with Gasteiger partial charge in [-0.3, -0.25) is 4.79 Å². The van der Waals surface area contributed by atoms with Gasteiger partial charge in [-0.25, -0.2) is 0 Å². The summed E-state index contributed by atoms with van der Waals surface area (Å²) in [6.07, 6.45) is 1.28. The molecule has 1 aromatic rings. The predicted molar refractivity (Wildman–Crippen MR) is 78.1 cm³/mol. The monoisotopic (exact) mass is 283 g/mol. The first-order valence-electron chi connectivity index (χ1n) is 6.74. The minimum Gasteiger partial charge on any atom is -0.391 e. The van der Waals surface area contributed by atoms with Gasteiger partial charge in [0.05, 0.1) is 6.10 Å². The highest BCUT2D eigenvalue weighted by Gasteiger charge is 2.20. The van der Waals surface area contributed by atoms with Crippen LogP contribution in [0.3, 0.4) is 0 Å². The summed E-state index contributed by atoms with van der Waals surface area (Å²) in [7, 11) is 0. The van der Waals surface area contributed by atoms with E-state index in [9.17, 15) is 9.90 Å². The van der Waals surface area contributed by atoms with Gasteiger partial charge in [-0.1, -0.05) is 57.0 Å². The smallest absolute Gasteiger partial charge is 0.242 e. The normalized spacial score (nSPS) is 14.2. The van der Waals surface area contributed by atoms with E-state index in [1.165, 1.54) is 0 Å². The Kier molecular flexibility index (Phi) is 6.89. The highest BCUT2D eigenvalue weighted by Crippen LogP contribution is 2.20. The van der Waals surface area contributed by atoms with E-state index in [0.29, 0.717) is 0 Å². The van der Waals surface area contributed by atoms with Crippen molar-refractivity contribution in [1.82, 2.24) is 5.32 Å². The Morgan fingerprint density at radius 1 is 1.26 bits per heavy atom. The Hall–Kier alpha value is -1.06. The molecule has 1 rings (SSSR count). The molecule has 106 valence electrons. The first-order valence-corrected chi connectivity index (χ1v) is 7.18.